The maximum absolute atomic E-state index is 5.75. The summed E-state index contributed by atoms with van der Waals surface area (Å²) in [7, 11) is 0. The first-order valence-electron chi connectivity index (χ1n) is 7.38. The van der Waals surface area contributed by atoms with Gasteiger partial charge in [-0.3, -0.25) is 0 Å². The van der Waals surface area contributed by atoms with Crippen LogP contribution in [0.3, 0.4) is 0 Å². The highest BCUT2D eigenvalue weighted by Crippen LogP contribution is 2.29. The lowest BCUT2D eigenvalue weighted by molar-refractivity contribution is -0.302. The molecule has 1 rings (SSSR count). The Hall–Kier alpha value is -1.02. The van der Waals surface area contributed by atoms with Crippen LogP contribution < -0.4 is 4.89 Å². The zero-order chi connectivity index (χ0) is 14.5. The van der Waals surface area contributed by atoms with Crippen molar-refractivity contribution in [2.75, 3.05) is 0 Å². The third kappa shape index (κ3) is 4.24. The van der Waals surface area contributed by atoms with Gasteiger partial charge in [0.2, 0.25) is 0 Å². The Bertz CT molecular complexity index is 387. The molecule has 2 nitrogen and oxygen atoms in total. The summed E-state index contributed by atoms with van der Waals surface area (Å²) in [6.07, 6.45) is 2.02. The second kappa shape index (κ2) is 6.95. The average Bonchev–Trinajstić information content (AvgIpc) is 2.44. The number of hydrogen-bond acceptors (Lipinski definition) is 2. The van der Waals surface area contributed by atoms with E-state index in [4.69, 9.17) is 9.78 Å². The van der Waals surface area contributed by atoms with Gasteiger partial charge in [0.05, 0.1) is 0 Å². The molecule has 0 saturated heterocycles. The summed E-state index contributed by atoms with van der Waals surface area (Å²) >= 11 is 0. The highest BCUT2D eigenvalue weighted by molar-refractivity contribution is 5.29. The molecule has 2 unspecified atom stereocenters. The summed E-state index contributed by atoms with van der Waals surface area (Å²) in [6, 6.07) is 8.13. The molecule has 1 aromatic rings. The van der Waals surface area contributed by atoms with Gasteiger partial charge in [-0.2, -0.15) is 4.89 Å². The van der Waals surface area contributed by atoms with Gasteiger partial charge < -0.3 is 4.89 Å². The van der Waals surface area contributed by atoms with Crippen LogP contribution in [0.15, 0.2) is 24.3 Å². The summed E-state index contributed by atoms with van der Waals surface area (Å²) < 4.78 is 0. The zero-order valence-electron chi connectivity index (χ0n) is 13.2. The van der Waals surface area contributed by atoms with Crippen LogP contribution in [0.5, 0.6) is 5.75 Å². The van der Waals surface area contributed by atoms with Gasteiger partial charge in [0.1, 0.15) is 5.60 Å². The molecule has 1 aromatic carbocycles. The van der Waals surface area contributed by atoms with Crippen molar-refractivity contribution in [3.8, 4) is 5.75 Å². The van der Waals surface area contributed by atoms with Crippen molar-refractivity contribution in [3.63, 3.8) is 0 Å². The fourth-order valence-corrected chi connectivity index (χ4v) is 1.99. The van der Waals surface area contributed by atoms with E-state index in [0.29, 0.717) is 11.8 Å². The van der Waals surface area contributed by atoms with Crippen molar-refractivity contribution < 1.29 is 9.78 Å². The van der Waals surface area contributed by atoms with E-state index in [0.717, 1.165) is 18.6 Å². The van der Waals surface area contributed by atoms with Crippen molar-refractivity contribution in [2.45, 2.75) is 65.9 Å². The molecule has 0 spiro atoms. The summed E-state index contributed by atoms with van der Waals surface area (Å²) in [5.41, 5.74) is 1.03. The van der Waals surface area contributed by atoms with Gasteiger partial charge in [0, 0.05) is 0 Å². The SMILES string of the molecule is CCC(C)C(C)(CC)OOc1cccc(C(C)C)c1. The molecule has 108 valence electrons. The van der Waals surface area contributed by atoms with Gasteiger partial charge in [-0.15, -0.1) is 0 Å². The fourth-order valence-electron chi connectivity index (χ4n) is 1.99. The summed E-state index contributed by atoms with van der Waals surface area (Å²) in [4.78, 5) is 11.3. The predicted octanol–water partition coefficient (Wildman–Crippen LogP) is 5.34. The molecule has 0 bridgehead atoms. The molecule has 0 radical (unpaired) electrons. The molecule has 2 atom stereocenters. The minimum atomic E-state index is -0.234. The first-order chi connectivity index (χ1) is 8.92. The predicted molar refractivity (Wildman–Crippen MR) is 80.4 cm³/mol. The quantitative estimate of drug-likeness (QED) is 0.489. The van der Waals surface area contributed by atoms with E-state index in [1.165, 1.54) is 5.56 Å². The first-order valence-corrected chi connectivity index (χ1v) is 7.38. The number of rotatable bonds is 7. The van der Waals surface area contributed by atoms with Crippen LogP contribution in [-0.2, 0) is 4.89 Å². The monoisotopic (exact) mass is 264 g/mol. The van der Waals surface area contributed by atoms with Crippen LogP contribution in [-0.4, -0.2) is 5.60 Å². The van der Waals surface area contributed by atoms with Crippen molar-refractivity contribution >= 4 is 0 Å². The Morgan fingerprint density at radius 3 is 2.37 bits per heavy atom. The van der Waals surface area contributed by atoms with Gasteiger partial charge in [0.15, 0.2) is 5.75 Å². The number of hydrogen-bond donors (Lipinski definition) is 0. The van der Waals surface area contributed by atoms with Gasteiger partial charge in [-0.1, -0.05) is 53.2 Å². The molecule has 0 amide bonds. The average molecular weight is 264 g/mol. The zero-order valence-corrected chi connectivity index (χ0v) is 13.2. The lowest BCUT2D eigenvalue weighted by Crippen LogP contribution is -2.36. The molecule has 2 heteroatoms. The van der Waals surface area contributed by atoms with Crippen molar-refractivity contribution in [1.82, 2.24) is 0 Å². The molecule has 0 aliphatic heterocycles. The van der Waals surface area contributed by atoms with Gasteiger partial charge >= 0.3 is 0 Å². The normalized spacial score (nSPS) is 16.2. The highest BCUT2D eigenvalue weighted by Gasteiger charge is 2.31. The highest BCUT2D eigenvalue weighted by atomic mass is 17.2. The molecule has 0 saturated carbocycles. The Morgan fingerprint density at radius 1 is 1.16 bits per heavy atom. The molecule has 0 fully saturated rings. The van der Waals surface area contributed by atoms with Crippen molar-refractivity contribution in [3.05, 3.63) is 29.8 Å². The molecule has 0 aliphatic rings. The van der Waals surface area contributed by atoms with Crippen LogP contribution in [0.1, 0.15) is 65.9 Å². The third-order valence-corrected chi connectivity index (χ3v) is 4.21. The van der Waals surface area contributed by atoms with Gasteiger partial charge in [0.25, 0.3) is 0 Å². The molecule has 0 aliphatic carbocycles. The van der Waals surface area contributed by atoms with Gasteiger partial charge in [-0.05, 0) is 42.9 Å². The van der Waals surface area contributed by atoms with Crippen LogP contribution in [0.4, 0.5) is 0 Å². The van der Waals surface area contributed by atoms with Gasteiger partial charge in [-0.25, -0.2) is 0 Å². The number of benzene rings is 1. The molecule has 0 aromatic heterocycles. The lowest BCUT2D eigenvalue weighted by Gasteiger charge is -2.32. The van der Waals surface area contributed by atoms with E-state index < -0.39 is 0 Å². The smallest absolute Gasteiger partial charge is 0.165 e. The molecular weight excluding hydrogens is 236 g/mol. The van der Waals surface area contributed by atoms with E-state index in [9.17, 15) is 0 Å². The van der Waals surface area contributed by atoms with E-state index >= 15 is 0 Å². The van der Waals surface area contributed by atoms with Crippen LogP contribution in [0, 0.1) is 5.92 Å². The largest absolute Gasteiger partial charge is 0.337 e. The maximum Gasteiger partial charge on any atom is 0.165 e. The van der Waals surface area contributed by atoms with Crippen LogP contribution in [0.25, 0.3) is 0 Å². The third-order valence-electron chi connectivity index (χ3n) is 4.21. The van der Waals surface area contributed by atoms with Crippen molar-refractivity contribution in [1.29, 1.82) is 0 Å². The molecule has 0 heterocycles. The second-order valence-electron chi connectivity index (χ2n) is 5.87. The summed E-state index contributed by atoms with van der Waals surface area (Å²) in [5, 5.41) is 0. The molecule has 0 N–H and O–H groups in total. The van der Waals surface area contributed by atoms with Crippen LogP contribution >= 0.6 is 0 Å². The minimum Gasteiger partial charge on any atom is -0.337 e. The lowest BCUT2D eigenvalue weighted by atomic mass is 9.86. The Labute approximate surface area is 118 Å². The maximum atomic E-state index is 5.75. The Balaban J connectivity index is 2.72. The van der Waals surface area contributed by atoms with E-state index in [1.807, 2.05) is 12.1 Å². The minimum absolute atomic E-state index is 0.234. The standard InChI is InChI=1S/C17H28O2/c1-7-14(5)17(6,8-2)19-18-16-11-9-10-15(12-16)13(3)4/h9-14H,7-8H2,1-6H3. The molecule has 19 heavy (non-hydrogen) atoms. The Kier molecular flexibility index (Phi) is 5.86. The second-order valence-corrected chi connectivity index (χ2v) is 5.87. The van der Waals surface area contributed by atoms with E-state index in [1.54, 1.807) is 0 Å². The first kappa shape index (κ1) is 16.0. The summed E-state index contributed by atoms with van der Waals surface area (Å²) in [6.45, 7) is 13.0. The fraction of sp³-hybridized carbons (Fsp3) is 0.647. The van der Waals surface area contributed by atoms with E-state index in [-0.39, 0.29) is 5.60 Å². The van der Waals surface area contributed by atoms with E-state index in [2.05, 4.69) is 53.7 Å². The van der Waals surface area contributed by atoms with Crippen molar-refractivity contribution in [2.24, 2.45) is 5.92 Å². The topological polar surface area (TPSA) is 18.5 Å². The summed E-state index contributed by atoms with van der Waals surface area (Å²) in [5.74, 6) is 1.75. The molecular formula is C17H28O2. The van der Waals surface area contributed by atoms with Crippen LogP contribution in [0.2, 0.25) is 0 Å². The Morgan fingerprint density at radius 2 is 1.84 bits per heavy atom.